The van der Waals surface area contributed by atoms with Crippen LogP contribution in [0, 0.1) is 5.41 Å². The lowest BCUT2D eigenvalue weighted by atomic mass is 9.75. The molecule has 0 atom stereocenters. The minimum Gasteiger partial charge on any atom is -0.304 e. The summed E-state index contributed by atoms with van der Waals surface area (Å²) in [5.74, 6) is 0. The molecule has 0 aromatic heterocycles. The van der Waals surface area contributed by atoms with Crippen molar-refractivity contribution in [3.05, 3.63) is 0 Å². The Morgan fingerprint density at radius 2 is 1.38 bits per heavy atom. The molecule has 0 aliphatic heterocycles. The Bertz CT molecular complexity index is 130. The molecule has 100 valence electrons. The van der Waals surface area contributed by atoms with Gasteiger partial charge in [0.2, 0.25) is 0 Å². The van der Waals surface area contributed by atoms with Crippen LogP contribution in [-0.4, -0.2) is 24.5 Å². The summed E-state index contributed by atoms with van der Waals surface area (Å²) < 4.78 is 0. The first-order chi connectivity index (χ1) is 7.55. The van der Waals surface area contributed by atoms with Crippen LogP contribution in [0.15, 0.2) is 0 Å². The second-order valence-electron chi connectivity index (χ2n) is 4.97. The molecule has 0 spiro atoms. The summed E-state index contributed by atoms with van der Waals surface area (Å²) in [4.78, 5) is 2.50. The molecule has 0 N–H and O–H groups in total. The van der Waals surface area contributed by atoms with Crippen molar-refractivity contribution in [1.82, 2.24) is 4.90 Å². The largest absolute Gasteiger partial charge is 0.304 e. The molecule has 1 saturated carbocycles. The van der Waals surface area contributed by atoms with Crippen LogP contribution in [0.5, 0.6) is 0 Å². The first-order valence-corrected chi connectivity index (χ1v) is 7.25. The van der Waals surface area contributed by atoms with Gasteiger partial charge >= 0.3 is 0 Å². The Balaban J connectivity index is 0. The summed E-state index contributed by atoms with van der Waals surface area (Å²) in [5.41, 5.74) is 0.616. The second-order valence-corrected chi connectivity index (χ2v) is 4.97. The maximum absolute atomic E-state index is 2.50. The highest BCUT2D eigenvalue weighted by atomic mass is 15.1. The number of nitrogens with zero attached hydrogens (tertiary/aromatic N) is 1. The summed E-state index contributed by atoms with van der Waals surface area (Å²) in [5, 5.41) is 0. The van der Waals surface area contributed by atoms with Crippen molar-refractivity contribution in [3.8, 4) is 0 Å². The zero-order chi connectivity index (χ0) is 13.2. The fraction of sp³-hybridized carbons (Fsp3) is 1.00. The van der Waals surface area contributed by atoms with Crippen LogP contribution in [0.25, 0.3) is 0 Å². The van der Waals surface area contributed by atoms with E-state index in [1.165, 1.54) is 32.2 Å². The maximum atomic E-state index is 2.50. The van der Waals surface area contributed by atoms with Crippen molar-refractivity contribution < 1.29 is 0 Å². The normalized spacial score (nSPS) is 19.3. The van der Waals surface area contributed by atoms with Crippen LogP contribution >= 0.6 is 0 Å². The van der Waals surface area contributed by atoms with Gasteiger partial charge in [-0.15, -0.1) is 0 Å². The molecule has 0 aromatic rings. The molecular weight excluding hydrogens is 194 g/mol. The minimum atomic E-state index is 0.616. The van der Waals surface area contributed by atoms with Crippen molar-refractivity contribution in [2.24, 2.45) is 5.41 Å². The van der Waals surface area contributed by atoms with Gasteiger partial charge in [0.15, 0.2) is 0 Å². The lowest BCUT2D eigenvalue weighted by Crippen LogP contribution is -2.36. The predicted molar refractivity (Wildman–Crippen MR) is 77.0 cm³/mol. The van der Waals surface area contributed by atoms with E-state index in [0.29, 0.717) is 5.41 Å². The Labute approximate surface area is 105 Å². The lowest BCUT2D eigenvalue weighted by molar-refractivity contribution is 0.132. The van der Waals surface area contributed by atoms with E-state index in [-0.39, 0.29) is 0 Å². The molecule has 0 radical (unpaired) electrons. The number of hydrogen-bond acceptors (Lipinski definition) is 1. The summed E-state index contributed by atoms with van der Waals surface area (Å²) in [6, 6.07) is 0.864. The van der Waals surface area contributed by atoms with Crippen LogP contribution < -0.4 is 0 Å². The molecular formula is C15H35N. The molecule has 0 bridgehead atoms. The third kappa shape index (κ3) is 7.27. The highest BCUT2D eigenvalue weighted by Gasteiger charge is 2.27. The molecule has 0 saturated heterocycles. The predicted octanol–water partition coefficient (Wildman–Crippen LogP) is 4.96. The molecule has 1 heteroatoms. The maximum Gasteiger partial charge on any atom is 0.00924 e. The van der Waals surface area contributed by atoms with Gasteiger partial charge in [-0.2, -0.15) is 0 Å². The van der Waals surface area contributed by atoms with E-state index >= 15 is 0 Å². The smallest absolute Gasteiger partial charge is 0.00924 e. The van der Waals surface area contributed by atoms with E-state index in [1.807, 2.05) is 27.7 Å². The summed E-state index contributed by atoms with van der Waals surface area (Å²) in [6.45, 7) is 16.2. The fourth-order valence-electron chi connectivity index (χ4n) is 2.08. The number of rotatable bonds is 2. The zero-order valence-electron chi connectivity index (χ0n) is 13.1. The van der Waals surface area contributed by atoms with E-state index in [4.69, 9.17) is 0 Å². The Morgan fingerprint density at radius 3 is 1.69 bits per heavy atom. The average Bonchev–Trinajstić information content (AvgIpc) is 2.33. The van der Waals surface area contributed by atoms with Gasteiger partial charge in [0.05, 0.1) is 0 Å². The van der Waals surface area contributed by atoms with E-state index in [2.05, 4.69) is 32.7 Å². The van der Waals surface area contributed by atoms with Gasteiger partial charge in [-0.3, -0.25) is 0 Å². The van der Waals surface area contributed by atoms with Gasteiger partial charge in [-0.25, -0.2) is 0 Å². The molecule has 1 nitrogen and oxygen atoms in total. The van der Waals surface area contributed by atoms with Gasteiger partial charge in [0, 0.05) is 6.04 Å². The molecule has 0 unspecified atom stereocenters. The van der Waals surface area contributed by atoms with Gasteiger partial charge in [-0.1, -0.05) is 48.5 Å². The lowest BCUT2D eigenvalue weighted by Gasteiger charge is -2.38. The van der Waals surface area contributed by atoms with Crippen LogP contribution in [-0.2, 0) is 0 Å². The first-order valence-electron chi connectivity index (χ1n) is 7.25. The van der Waals surface area contributed by atoms with Gasteiger partial charge in [-0.05, 0) is 44.7 Å². The first kappa shape index (κ1) is 18.3. The van der Waals surface area contributed by atoms with E-state index in [1.54, 1.807) is 0 Å². The summed E-state index contributed by atoms with van der Waals surface area (Å²) in [6.07, 6.45) is 5.61. The molecule has 1 fully saturated rings. The molecule has 1 aliphatic rings. The van der Waals surface area contributed by atoms with Crippen molar-refractivity contribution in [1.29, 1.82) is 0 Å². The average molecular weight is 229 g/mol. The molecule has 1 rings (SSSR count). The fourth-order valence-corrected chi connectivity index (χ4v) is 2.08. The SMILES string of the molecule is CC.CC.CCN(C)C1CCC(C)(C)CC1. The van der Waals surface area contributed by atoms with Gasteiger partial charge in [0.1, 0.15) is 0 Å². The van der Waals surface area contributed by atoms with Crippen LogP contribution in [0.3, 0.4) is 0 Å². The third-order valence-electron chi connectivity index (χ3n) is 3.43. The van der Waals surface area contributed by atoms with Crippen molar-refractivity contribution in [3.63, 3.8) is 0 Å². The topological polar surface area (TPSA) is 3.24 Å². The summed E-state index contributed by atoms with van der Waals surface area (Å²) >= 11 is 0. The van der Waals surface area contributed by atoms with Crippen LogP contribution in [0.4, 0.5) is 0 Å². The molecule has 0 heterocycles. The zero-order valence-corrected chi connectivity index (χ0v) is 13.1. The van der Waals surface area contributed by atoms with Gasteiger partial charge in [0.25, 0.3) is 0 Å². The highest BCUT2D eigenvalue weighted by molar-refractivity contribution is 4.82. The molecule has 0 amide bonds. The highest BCUT2D eigenvalue weighted by Crippen LogP contribution is 2.36. The van der Waals surface area contributed by atoms with Crippen molar-refractivity contribution in [2.45, 2.75) is 80.2 Å². The molecule has 1 aliphatic carbocycles. The van der Waals surface area contributed by atoms with Crippen LogP contribution in [0.1, 0.15) is 74.1 Å². The van der Waals surface area contributed by atoms with Crippen molar-refractivity contribution >= 4 is 0 Å². The Kier molecular flexibility index (Phi) is 11.6. The van der Waals surface area contributed by atoms with Crippen LogP contribution in [0.2, 0.25) is 0 Å². The van der Waals surface area contributed by atoms with Gasteiger partial charge < -0.3 is 4.90 Å². The number of hydrogen-bond donors (Lipinski definition) is 0. The minimum absolute atomic E-state index is 0.616. The second kappa shape index (κ2) is 10.1. The standard InChI is InChI=1S/C11H23N.2C2H6/c1-5-12(4)10-6-8-11(2,3)9-7-10;2*1-2/h10H,5-9H2,1-4H3;2*1-2H3. The Morgan fingerprint density at radius 1 is 1.00 bits per heavy atom. The summed E-state index contributed by atoms with van der Waals surface area (Å²) in [7, 11) is 2.25. The molecule has 16 heavy (non-hydrogen) atoms. The molecule has 0 aromatic carbocycles. The Hall–Kier alpha value is -0.0400. The van der Waals surface area contributed by atoms with Crippen molar-refractivity contribution in [2.75, 3.05) is 13.6 Å². The van der Waals surface area contributed by atoms with E-state index < -0.39 is 0 Å². The van der Waals surface area contributed by atoms with E-state index in [9.17, 15) is 0 Å². The third-order valence-corrected chi connectivity index (χ3v) is 3.43. The monoisotopic (exact) mass is 229 g/mol. The quantitative estimate of drug-likeness (QED) is 0.647. The van der Waals surface area contributed by atoms with E-state index in [0.717, 1.165) is 6.04 Å².